The van der Waals surface area contributed by atoms with Gasteiger partial charge in [-0.2, -0.15) is 0 Å². The molecule has 1 aromatic rings. The lowest BCUT2D eigenvalue weighted by Crippen LogP contribution is -2.27. The number of unbranched alkanes of at least 4 members (excludes halogenated alkanes) is 2. The number of nitrogens with zero attached hydrogens (tertiary/aromatic N) is 1. The summed E-state index contributed by atoms with van der Waals surface area (Å²) in [5, 5.41) is 0. The largest absolute Gasteiger partial charge is 0.342 e. The van der Waals surface area contributed by atoms with Gasteiger partial charge in [0.1, 0.15) is 0 Å². The second-order valence-electron chi connectivity index (χ2n) is 4.45. The molecule has 0 radical (unpaired) electrons. The Hall–Kier alpha value is -1.35. The van der Waals surface area contributed by atoms with Crippen LogP contribution in [0.25, 0.3) is 0 Å². The molecule has 0 spiro atoms. The molecule has 3 heteroatoms. The Morgan fingerprint density at radius 1 is 1.29 bits per heavy atom. The maximum atomic E-state index is 12.1. The molecule has 0 aliphatic rings. The van der Waals surface area contributed by atoms with Crippen LogP contribution in [0.15, 0.2) is 24.3 Å². The summed E-state index contributed by atoms with van der Waals surface area (Å²) in [6.07, 6.45) is 3.14. The van der Waals surface area contributed by atoms with Crippen molar-refractivity contribution >= 4 is 5.91 Å². The minimum absolute atomic E-state index is 0.0986. The minimum Gasteiger partial charge on any atom is -0.342 e. The van der Waals surface area contributed by atoms with Gasteiger partial charge in [0.15, 0.2) is 0 Å². The SMILES string of the molecule is Cc1cccc(C(=O)N(C)CCCCCN)c1. The predicted octanol–water partition coefficient (Wildman–Crippen LogP) is 2.20. The van der Waals surface area contributed by atoms with Crippen LogP contribution in [0.5, 0.6) is 0 Å². The Balaban J connectivity index is 2.46. The highest BCUT2D eigenvalue weighted by Gasteiger charge is 2.10. The third-order valence-corrected chi connectivity index (χ3v) is 2.81. The average Bonchev–Trinajstić information content (AvgIpc) is 2.33. The number of amides is 1. The van der Waals surface area contributed by atoms with Crippen LogP contribution in [-0.4, -0.2) is 30.9 Å². The van der Waals surface area contributed by atoms with E-state index in [0.717, 1.165) is 43.5 Å². The van der Waals surface area contributed by atoms with Gasteiger partial charge >= 0.3 is 0 Å². The average molecular weight is 234 g/mol. The number of carbonyl (C=O) groups excluding carboxylic acids is 1. The highest BCUT2D eigenvalue weighted by Crippen LogP contribution is 2.07. The summed E-state index contributed by atoms with van der Waals surface area (Å²) in [7, 11) is 1.85. The summed E-state index contributed by atoms with van der Waals surface area (Å²) in [5.41, 5.74) is 7.32. The van der Waals surface area contributed by atoms with Crippen LogP contribution in [0.2, 0.25) is 0 Å². The molecule has 0 saturated carbocycles. The normalized spacial score (nSPS) is 10.3. The molecule has 1 aromatic carbocycles. The van der Waals surface area contributed by atoms with Crippen molar-refractivity contribution in [3.63, 3.8) is 0 Å². The van der Waals surface area contributed by atoms with Gasteiger partial charge in [-0.1, -0.05) is 24.1 Å². The fraction of sp³-hybridized carbons (Fsp3) is 0.500. The fourth-order valence-corrected chi connectivity index (χ4v) is 1.77. The molecule has 17 heavy (non-hydrogen) atoms. The van der Waals surface area contributed by atoms with E-state index >= 15 is 0 Å². The summed E-state index contributed by atoms with van der Waals surface area (Å²) < 4.78 is 0. The van der Waals surface area contributed by atoms with Crippen molar-refractivity contribution in [3.05, 3.63) is 35.4 Å². The number of hydrogen-bond acceptors (Lipinski definition) is 2. The van der Waals surface area contributed by atoms with Gasteiger partial charge in [-0.25, -0.2) is 0 Å². The monoisotopic (exact) mass is 234 g/mol. The van der Waals surface area contributed by atoms with Crippen molar-refractivity contribution < 1.29 is 4.79 Å². The lowest BCUT2D eigenvalue weighted by Gasteiger charge is -2.17. The Bertz CT molecular complexity index is 363. The number of aryl methyl sites for hydroxylation is 1. The van der Waals surface area contributed by atoms with E-state index in [1.54, 1.807) is 4.90 Å². The third-order valence-electron chi connectivity index (χ3n) is 2.81. The van der Waals surface area contributed by atoms with Crippen LogP contribution in [0.1, 0.15) is 35.2 Å². The first kappa shape index (κ1) is 13.7. The maximum Gasteiger partial charge on any atom is 0.253 e. The zero-order chi connectivity index (χ0) is 12.7. The number of rotatable bonds is 6. The summed E-state index contributed by atoms with van der Waals surface area (Å²) >= 11 is 0. The summed E-state index contributed by atoms with van der Waals surface area (Å²) in [6, 6.07) is 7.72. The van der Waals surface area contributed by atoms with Gasteiger partial charge in [0.2, 0.25) is 0 Å². The molecule has 0 saturated heterocycles. The first-order valence-electron chi connectivity index (χ1n) is 6.17. The molecule has 2 N–H and O–H groups in total. The fourth-order valence-electron chi connectivity index (χ4n) is 1.77. The quantitative estimate of drug-likeness (QED) is 0.767. The number of carbonyl (C=O) groups is 1. The maximum absolute atomic E-state index is 12.1. The molecular formula is C14H22N2O. The topological polar surface area (TPSA) is 46.3 Å². The first-order chi connectivity index (χ1) is 8.15. The standard InChI is InChI=1S/C14H22N2O/c1-12-7-6-8-13(11-12)14(17)16(2)10-5-3-4-9-15/h6-8,11H,3-5,9-10,15H2,1-2H3. The van der Waals surface area contributed by atoms with Gasteiger partial charge in [-0.3, -0.25) is 4.79 Å². The van der Waals surface area contributed by atoms with Crippen molar-refractivity contribution in [2.24, 2.45) is 5.73 Å². The van der Waals surface area contributed by atoms with E-state index < -0.39 is 0 Å². The molecular weight excluding hydrogens is 212 g/mol. The van der Waals surface area contributed by atoms with Crippen LogP contribution in [0.3, 0.4) is 0 Å². The second-order valence-corrected chi connectivity index (χ2v) is 4.45. The molecule has 0 fully saturated rings. The Kier molecular flexibility index (Phi) is 5.70. The van der Waals surface area contributed by atoms with Crippen molar-refractivity contribution in [2.75, 3.05) is 20.1 Å². The van der Waals surface area contributed by atoms with Crippen LogP contribution < -0.4 is 5.73 Å². The van der Waals surface area contributed by atoms with E-state index in [4.69, 9.17) is 5.73 Å². The third kappa shape index (κ3) is 4.57. The summed E-state index contributed by atoms with van der Waals surface area (Å²) in [4.78, 5) is 13.8. The zero-order valence-corrected chi connectivity index (χ0v) is 10.8. The molecule has 0 unspecified atom stereocenters. The molecule has 0 aromatic heterocycles. The Labute approximate surface area is 104 Å². The van der Waals surface area contributed by atoms with E-state index in [0.29, 0.717) is 0 Å². The molecule has 0 bridgehead atoms. The van der Waals surface area contributed by atoms with Gasteiger partial charge < -0.3 is 10.6 Å². The van der Waals surface area contributed by atoms with E-state index in [1.165, 1.54) is 0 Å². The molecule has 1 rings (SSSR count). The van der Waals surface area contributed by atoms with Gasteiger partial charge in [-0.15, -0.1) is 0 Å². The van der Waals surface area contributed by atoms with Gasteiger partial charge in [0.25, 0.3) is 5.91 Å². The van der Waals surface area contributed by atoms with Crippen LogP contribution in [0, 0.1) is 6.92 Å². The van der Waals surface area contributed by atoms with Crippen LogP contribution in [0.4, 0.5) is 0 Å². The van der Waals surface area contributed by atoms with Gasteiger partial charge in [0.05, 0.1) is 0 Å². The highest BCUT2D eigenvalue weighted by molar-refractivity contribution is 5.94. The second kappa shape index (κ2) is 7.07. The minimum atomic E-state index is 0.0986. The van der Waals surface area contributed by atoms with Crippen molar-refractivity contribution in [3.8, 4) is 0 Å². The van der Waals surface area contributed by atoms with E-state index in [1.807, 2.05) is 38.2 Å². The summed E-state index contributed by atoms with van der Waals surface area (Å²) in [5.74, 6) is 0.0986. The molecule has 3 nitrogen and oxygen atoms in total. The van der Waals surface area contributed by atoms with E-state index in [2.05, 4.69) is 0 Å². The molecule has 1 amide bonds. The molecule has 0 atom stereocenters. The van der Waals surface area contributed by atoms with Crippen molar-refractivity contribution in [2.45, 2.75) is 26.2 Å². The van der Waals surface area contributed by atoms with E-state index in [-0.39, 0.29) is 5.91 Å². The zero-order valence-electron chi connectivity index (χ0n) is 10.8. The Morgan fingerprint density at radius 3 is 2.71 bits per heavy atom. The molecule has 94 valence electrons. The van der Waals surface area contributed by atoms with Gasteiger partial charge in [-0.05, 0) is 38.4 Å². The predicted molar refractivity (Wildman–Crippen MR) is 71.0 cm³/mol. The lowest BCUT2D eigenvalue weighted by molar-refractivity contribution is 0.0792. The number of benzene rings is 1. The first-order valence-corrected chi connectivity index (χ1v) is 6.17. The van der Waals surface area contributed by atoms with E-state index in [9.17, 15) is 4.79 Å². The number of nitrogens with two attached hydrogens (primary N) is 1. The van der Waals surface area contributed by atoms with Crippen LogP contribution in [-0.2, 0) is 0 Å². The van der Waals surface area contributed by atoms with Crippen LogP contribution >= 0.6 is 0 Å². The summed E-state index contributed by atoms with van der Waals surface area (Å²) in [6.45, 7) is 3.53. The number of hydrogen-bond donors (Lipinski definition) is 1. The molecule has 0 aliphatic heterocycles. The van der Waals surface area contributed by atoms with Crippen molar-refractivity contribution in [1.29, 1.82) is 0 Å². The molecule has 0 aliphatic carbocycles. The smallest absolute Gasteiger partial charge is 0.253 e. The van der Waals surface area contributed by atoms with Crippen molar-refractivity contribution in [1.82, 2.24) is 4.90 Å². The lowest BCUT2D eigenvalue weighted by atomic mass is 10.1. The van der Waals surface area contributed by atoms with Gasteiger partial charge in [0, 0.05) is 19.2 Å². The Morgan fingerprint density at radius 2 is 2.06 bits per heavy atom. The highest BCUT2D eigenvalue weighted by atomic mass is 16.2. The molecule has 0 heterocycles.